The van der Waals surface area contributed by atoms with Crippen LogP contribution in [0.5, 0.6) is 0 Å². The van der Waals surface area contributed by atoms with Crippen molar-refractivity contribution < 1.29 is 13.6 Å². The van der Waals surface area contributed by atoms with E-state index in [4.69, 9.17) is 0 Å². The average Bonchev–Trinajstić information content (AvgIpc) is 2.81. The summed E-state index contributed by atoms with van der Waals surface area (Å²) in [6.45, 7) is 2.01. The van der Waals surface area contributed by atoms with Crippen LogP contribution in [0, 0.1) is 5.82 Å². The number of nitrogens with zero attached hydrogens (tertiary/aromatic N) is 4. The fourth-order valence-electron chi connectivity index (χ4n) is 4.70. The highest BCUT2D eigenvalue weighted by Crippen LogP contribution is 2.45. The smallest absolute Gasteiger partial charge is 0.251 e. The van der Waals surface area contributed by atoms with Crippen LogP contribution < -0.4 is 10.6 Å². The van der Waals surface area contributed by atoms with Crippen molar-refractivity contribution in [3.05, 3.63) is 71.8 Å². The lowest BCUT2D eigenvalue weighted by Gasteiger charge is -2.44. The van der Waals surface area contributed by atoms with Gasteiger partial charge in [-0.25, -0.2) is 8.78 Å². The number of carbonyl (C=O) groups excluding carboxylic acids is 1. The number of alkyl halides is 1. The number of carbonyl (C=O) groups is 1. The number of likely N-dealkylation sites (N-methyl/N-ethyl adjacent to an activating group) is 1. The zero-order valence-electron chi connectivity index (χ0n) is 18.8. The maximum absolute atomic E-state index is 14.3. The van der Waals surface area contributed by atoms with E-state index in [1.165, 1.54) is 18.3 Å². The predicted molar refractivity (Wildman–Crippen MR) is 125 cm³/mol. The number of anilines is 1. The molecule has 3 heterocycles. The number of halogens is 2. The Morgan fingerprint density at radius 2 is 1.97 bits per heavy atom. The Morgan fingerprint density at radius 1 is 1.15 bits per heavy atom. The third-order valence-corrected chi connectivity index (χ3v) is 6.58. The lowest BCUT2D eigenvalue weighted by molar-refractivity contribution is 0.0857. The van der Waals surface area contributed by atoms with Crippen LogP contribution >= 0.6 is 0 Å². The first-order valence-electron chi connectivity index (χ1n) is 11.3. The summed E-state index contributed by atoms with van der Waals surface area (Å²) in [6.07, 6.45) is 0.988. The van der Waals surface area contributed by atoms with Gasteiger partial charge in [-0.05, 0) is 56.3 Å². The van der Waals surface area contributed by atoms with Gasteiger partial charge in [0.25, 0.3) is 5.91 Å². The van der Waals surface area contributed by atoms with Crippen LogP contribution in [0.3, 0.4) is 0 Å². The van der Waals surface area contributed by atoms with Gasteiger partial charge in [0.05, 0.1) is 17.4 Å². The van der Waals surface area contributed by atoms with Crippen molar-refractivity contribution in [1.82, 2.24) is 25.4 Å². The Morgan fingerprint density at radius 3 is 2.65 bits per heavy atom. The molecule has 9 heteroatoms. The highest BCUT2D eigenvalue weighted by molar-refractivity contribution is 5.95. The number of aromatic nitrogens is 3. The standard InChI is InChI=1S/C25H26F2N6O/c1-33-13-19(14-33)30-24(34)17-5-2-4-16(10-17)21-7-8-22(32-31-21)29-15-25(11-18(26)12-25)23-20(27)6-3-9-28-23/h2-10,18-19H,11-15H2,1H3,(H,29,32)(H,30,34)/t18-,25-. The van der Waals surface area contributed by atoms with E-state index in [9.17, 15) is 13.6 Å². The highest BCUT2D eigenvalue weighted by Gasteiger charge is 2.48. The summed E-state index contributed by atoms with van der Waals surface area (Å²) in [7, 11) is 2.01. The Bertz CT molecular complexity index is 1180. The molecule has 2 aliphatic rings. The van der Waals surface area contributed by atoms with Crippen LogP contribution in [0.15, 0.2) is 54.7 Å². The van der Waals surface area contributed by atoms with Gasteiger partial charge in [-0.1, -0.05) is 12.1 Å². The Balaban J connectivity index is 1.25. The van der Waals surface area contributed by atoms with Gasteiger partial charge in [0.15, 0.2) is 0 Å². The Labute approximate surface area is 196 Å². The number of amides is 1. The van der Waals surface area contributed by atoms with Gasteiger partial charge >= 0.3 is 0 Å². The lowest BCUT2D eigenvalue weighted by Crippen LogP contribution is -2.57. The van der Waals surface area contributed by atoms with Gasteiger partial charge in [-0.15, -0.1) is 10.2 Å². The zero-order valence-corrected chi connectivity index (χ0v) is 18.8. The third-order valence-electron chi connectivity index (χ3n) is 6.58. The first-order chi connectivity index (χ1) is 16.4. The molecule has 1 amide bonds. The van der Waals surface area contributed by atoms with Gasteiger partial charge in [0.2, 0.25) is 0 Å². The summed E-state index contributed by atoms with van der Waals surface area (Å²) in [6, 6.07) is 13.9. The first kappa shape index (κ1) is 22.3. The average molecular weight is 465 g/mol. The fraction of sp³-hybridized carbons (Fsp3) is 0.360. The molecule has 176 valence electrons. The summed E-state index contributed by atoms with van der Waals surface area (Å²) in [5.74, 6) is -0.0273. The molecule has 0 atom stereocenters. The summed E-state index contributed by atoms with van der Waals surface area (Å²) in [5.41, 5.74) is 1.55. The zero-order chi connectivity index (χ0) is 23.7. The number of likely N-dealkylation sites (tertiary alicyclic amines) is 1. The summed E-state index contributed by atoms with van der Waals surface area (Å²) in [5, 5.41) is 14.7. The second-order valence-corrected chi connectivity index (χ2v) is 9.25. The molecule has 2 aromatic heterocycles. The maximum atomic E-state index is 14.3. The Kier molecular flexibility index (Phi) is 5.95. The van der Waals surface area contributed by atoms with Gasteiger partial charge in [-0.2, -0.15) is 0 Å². The summed E-state index contributed by atoms with van der Waals surface area (Å²) in [4.78, 5) is 18.8. The molecule has 0 spiro atoms. The van der Waals surface area contributed by atoms with E-state index in [1.54, 1.807) is 24.3 Å². The number of hydrogen-bond acceptors (Lipinski definition) is 6. The lowest BCUT2D eigenvalue weighted by atomic mass is 9.65. The van der Waals surface area contributed by atoms with Crippen molar-refractivity contribution in [3.8, 4) is 11.3 Å². The predicted octanol–water partition coefficient (Wildman–Crippen LogP) is 3.20. The molecule has 34 heavy (non-hydrogen) atoms. The van der Waals surface area contributed by atoms with Crippen LogP contribution in [0.2, 0.25) is 0 Å². The van der Waals surface area contributed by atoms with Crippen LogP contribution in [-0.2, 0) is 5.41 Å². The molecule has 7 nitrogen and oxygen atoms in total. The maximum Gasteiger partial charge on any atom is 0.251 e. The van der Waals surface area contributed by atoms with Crippen LogP contribution in [0.25, 0.3) is 11.3 Å². The molecule has 1 aliphatic heterocycles. The number of hydrogen-bond donors (Lipinski definition) is 2. The number of benzene rings is 1. The molecule has 0 bridgehead atoms. The topological polar surface area (TPSA) is 83.0 Å². The van der Waals surface area contributed by atoms with Gasteiger partial charge in [0.1, 0.15) is 17.8 Å². The largest absolute Gasteiger partial charge is 0.368 e. The number of nitrogens with one attached hydrogen (secondary N) is 2. The molecule has 5 rings (SSSR count). The van der Waals surface area contributed by atoms with E-state index >= 15 is 0 Å². The number of rotatable bonds is 7. The highest BCUT2D eigenvalue weighted by atomic mass is 19.1. The van der Waals surface area contributed by atoms with Crippen molar-refractivity contribution >= 4 is 11.7 Å². The quantitative estimate of drug-likeness (QED) is 0.559. The van der Waals surface area contributed by atoms with Gasteiger partial charge in [-0.3, -0.25) is 9.78 Å². The molecule has 1 aromatic carbocycles. The van der Waals surface area contributed by atoms with Crippen LogP contribution in [-0.4, -0.2) is 64.9 Å². The molecular formula is C25H26F2N6O. The minimum Gasteiger partial charge on any atom is -0.368 e. The van der Waals surface area contributed by atoms with Gasteiger partial charge < -0.3 is 15.5 Å². The fourth-order valence-corrected chi connectivity index (χ4v) is 4.70. The molecule has 1 saturated heterocycles. The monoisotopic (exact) mass is 464 g/mol. The summed E-state index contributed by atoms with van der Waals surface area (Å²) < 4.78 is 28.1. The SMILES string of the molecule is CN1CC(NC(=O)c2cccc(-c3ccc(NC[C@]4(c5ncccc5F)C[C@H](F)C4)nn3)c2)C1. The normalized spacial score (nSPS) is 22.5. The van der Waals surface area contributed by atoms with E-state index in [0.29, 0.717) is 23.6 Å². The van der Waals surface area contributed by atoms with Crippen LogP contribution in [0.1, 0.15) is 28.9 Å². The molecule has 1 saturated carbocycles. The third kappa shape index (κ3) is 4.48. The molecule has 3 aromatic rings. The van der Waals surface area contributed by atoms with Crippen molar-refractivity contribution in [2.75, 3.05) is 32.0 Å². The van der Waals surface area contributed by atoms with E-state index in [1.807, 2.05) is 19.2 Å². The first-order valence-corrected chi connectivity index (χ1v) is 11.3. The Hall–Kier alpha value is -3.46. The van der Waals surface area contributed by atoms with Crippen molar-refractivity contribution in [3.63, 3.8) is 0 Å². The van der Waals surface area contributed by atoms with Crippen LogP contribution in [0.4, 0.5) is 14.6 Å². The molecular weight excluding hydrogens is 438 g/mol. The second kappa shape index (κ2) is 9.06. The molecule has 1 aliphatic carbocycles. The van der Waals surface area contributed by atoms with Crippen molar-refractivity contribution in [2.24, 2.45) is 0 Å². The van der Waals surface area contributed by atoms with E-state index in [2.05, 4.69) is 30.7 Å². The van der Waals surface area contributed by atoms with Crippen molar-refractivity contribution in [2.45, 2.75) is 30.5 Å². The summed E-state index contributed by atoms with van der Waals surface area (Å²) >= 11 is 0. The minimum atomic E-state index is -0.966. The molecule has 0 radical (unpaired) electrons. The molecule has 2 fully saturated rings. The van der Waals surface area contributed by atoms with E-state index in [0.717, 1.165) is 18.7 Å². The van der Waals surface area contributed by atoms with E-state index in [-0.39, 0.29) is 30.5 Å². The molecule has 0 unspecified atom stereocenters. The van der Waals surface area contributed by atoms with Gasteiger partial charge in [0, 0.05) is 42.4 Å². The molecule has 2 N–H and O–H groups in total. The minimum absolute atomic E-state index is 0.107. The van der Waals surface area contributed by atoms with Crippen molar-refractivity contribution in [1.29, 1.82) is 0 Å². The second-order valence-electron chi connectivity index (χ2n) is 9.25. The van der Waals surface area contributed by atoms with E-state index < -0.39 is 17.4 Å². The number of pyridine rings is 1.